The van der Waals surface area contributed by atoms with E-state index in [9.17, 15) is 0 Å². The second-order valence-electron chi connectivity index (χ2n) is 6.95. The quantitative estimate of drug-likeness (QED) is 0.710. The molecule has 1 aromatic carbocycles. The predicted molar refractivity (Wildman–Crippen MR) is 98.5 cm³/mol. The largest absolute Gasteiger partial charge is 0.342 e. The van der Waals surface area contributed by atoms with Gasteiger partial charge in [-0.15, -0.1) is 10.2 Å². The van der Waals surface area contributed by atoms with Crippen molar-refractivity contribution in [2.24, 2.45) is 0 Å². The van der Waals surface area contributed by atoms with E-state index in [1.54, 1.807) is 11.3 Å². The van der Waals surface area contributed by atoms with Crippen molar-refractivity contribution in [3.63, 3.8) is 0 Å². The molecule has 0 aliphatic rings. The molecule has 0 fully saturated rings. The molecule has 0 aliphatic heterocycles. The molecule has 0 amide bonds. The zero-order chi connectivity index (χ0) is 17.2. The molecular weight excluding hydrogens is 318 g/mol. The Morgan fingerprint density at radius 1 is 1.12 bits per heavy atom. The van der Waals surface area contributed by atoms with Crippen molar-refractivity contribution >= 4 is 16.5 Å². The van der Waals surface area contributed by atoms with E-state index in [-0.39, 0.29) is 5.41 Å². The zero-order valence-corrected chi connectivity index (χ0v) is 15.4. The van der Waals surface area contributed by atoms with Crippen LogP contribution < -0.4 is 4.90 Å². The van der Waals surface area contributed by atoms with Gasteiger partial charge in [0.25, 0.3) is 0 Å². The topological polar surface area (TPSA) is 46.8 Å². The van der Waals surface area contributed by atoms with Crippen LogP contribution in [-0.4, -0.2) is 26.8 Å². The summed E-state index contributed by atoms with van der Waals surface area (Å²) in [6.45, 7) is 8.00. The lowest BCUT2D eigenvalue weighted by Crippen LogP contribution is -2.19. The lowest BCUT2D eigenvalue weighted by atomic mass is 9.98. The summed E-state index contributed by atoms with van der Waals surface area (Å²) in [5.74, 6) is 1.02. The van der Waals surface area contributed by atoms with Crippen LogP contribution in [0.25, 0.3) is 0 Å². The molecule has 3 rings (SSSR count). The average molecular weight is 341 g/mol. The molecular formula is C18H23N5S. The van der Waals surface area contributed by atoms with E-state index in [0.29, 0.717) is 6.54 Å². The summed E-state index contributed by atoms with van der Waals surface area (Å²) in [6.07, 6.45) is 3.88. The molecule has 24 heavy (non-hydrogen) atoms. The molecule has 0 radical (unpaired) electrons. The van der Waals surface area contributed by atoms with Crippen molar-refractivity contribution in [1.82, 2.24) is 19.7 Å². The number of hydrogen-bond donors (Lipinski definition) is 0. The van der Waals surface area contributed by atoms with Gasteiger partial charge in [-0.25, -0.2) is 4.98 Å². The minimum atomic E-state index is 0.0303. The van der Waals surface area contributed by atoms with Gasteiger partial charge in [-0.05, 0) is 5.56 Å². The molecule has 0 unspecified atom stereocenters. The molecule has 2 heterocycles. The van der Waals surface area contributed by atoms with E-state index in [0.717, 1.165) is 22.5 Å². The van der Waals surface area contributed by atoms with Crippen LogP contribution >= 0.6 is 11.3 Å². The van der Waals surface area contributed by atoms with Crippen LogP contribution in [0.3, 0.4) is 0 Å². The van der Waals surface area contributed by atoms with Crippen LogP contribution in [-0.2, 0) is 18.5 Å². The van der Waals surface area contributed by atoms with Crippen LogP contribution in [0.2, 0.25) is 0 Å². The smallest absolute Gasteiger partial charge is 0.208 e. The Bertz CT molecular complexity index is 785. The number of rotatable bonds is 5. The Morgan fingerprint density at radius 3 is 2.54 bits per heavy atom. The fraction of sp³-hybridized carbons (Fsp3) is 0.389. The fourth-order valence-electron chi connectivity index (χ4n) is 2.37. The monoisotopic (exact) mass is 341 g/mol. The summed E-state index contributed by atoms with van der Waals surface area (Å²) in [4.78, 5) is 6.62. The van der Waals surface area contributed by atoms with Crippen molar-refractivity contribution in [2.75, 3.05) is 11.9 Å². The molecule has 126 valence electrons. The molecule has 0 N–H and O–H groups in total. The maximum Gasteiger partial charge on any atom is 0.208 e. The third kappa shape index (κ3) is 3.82. The standard InChI is InChI=1S/C18H23N5S/c1-18(2,3)16-20-21-17(24-16)22(4)13-15-19-10-11-23(15)12-14-8-6-5-7-9-14/h5-11H,12-13H2,1-4H3. The molecule has 0 saturated heterocycles. The summed E-state index contributed by atoms with van der Waals surface area (Å²) in [5, 5.41) is 10.6. The van der Waals surface area contributed by atoms with Gasteiger partial charge in [0.1, 0.15) is 10.8 Å². The number of anilines is 1. The molecule has 3 aromatic rings. The third-order valence-corrected chi connectivity index (χ3v) is 5.22. The summed E-state index contributed by atoms with van der Waals surface area (Å²) in [7, 11) is 2.04. The van der Waals surface area contributed by atoms with Gasteiger partial charge in [-0.2, -0.15) is 0 Å². The lowest BCUT2D eigenvalue weighted by molar-refractivity contribution is 0.578. The highest BCUT2D eigenvalue weighted by molar-refractivity contribution is 7.15. The normalized spacial score (nSPS) is 11.7. The summed E-state index contributed by atoms with van der Waals surface area (Å²) in [6, 6.07) is 10.4. The molecule has 0 saturated carbocycles. The Kier molecular flexibility index (Phi) is 4.66. The minimum Gasteiger partial charge on any atom is -0.342 e. The SMILES string of the molecule is CN(Cc1nccn1Cc1ccccc1)c1nnc(C(C)(C)C)s1. The van der Waals surface area contributed by atoms with Crippen molar-refractivity contribution in [1.29, 1.82) is 0 Å². The van der Waals surface area contributed by atoms with Crippen LogP contribution in [0.15, 0.2) is 42.7 Å². The van der Waals surface area contributed by atoms with Gasteiger partial charge in [-0.1, -0.05) is 62.4 Å². The van der Waals surface area contributed by atoms with E-state index in [2.05, 4.69) is 69.7 Å². The molecule has 6 heteroatoms. The number of imidazole rings is 1. The summed E-state index contributed by atoms with van der Waals surface area (Å²) < 4.78 is 2.18. The van der Waals surface area contributed by atoms with E-state index in [1.807, 2.05) is 25.5 Å². The van der Waals surface area contributed by atoms with Gasteiger partial charge < -0.3 is 9.47 Å². The molecule has 2 aromatic heterocycles. The number of nitrogens with zero attached hydrogens (tertiary/aromatic N) is 5. The van der Waals surface area contributed by atoms with Crippen LogP contribution in [0.1, 0.15) is 37.2 Å². The molecule has 0 spiro atoms. The van der Waals surface area contributed by atoms with Crippen LogP contribution in [0, 0.1) is 0 Å². The Balaban J connectivity index is 1.72. The van der Waals surface area contributed by atoms with Crippen LogP contribution in [0.4, 0.5) is 5.13 Å². The van der Waals surface area contributed by atoms with Crippen molar-refractivity contribution < 1.29 is 0 Å². The fourth-order valence-corrected chi connectivity index (χ4v) is 3.23. The van der Waals surface area contributed by atoms with Gasteiger partial charge in [-0.3, -0.25) is 0 Å². The van der Waals surface area contributed by atoms with Gasteiger partial charge in [0.15, 0.2) is 0 Å². The van der Waals surface area contributed by atoms with Gasteiger partial charge in [0.05, 0.1) is 6.54 Å². The van der Waals surface area contributed by atoms with Gasteiger partial charge in [0, 0.05) is 31.4 Å². The second kappa shape index (κ2) is 6.73. The molecule has 0 bridgehead atoms. The van der Waals surface area contributed by atoms with Crippen molar-refractivity contribution in [3.8, 4) is 0 Å². The van der Waals surface area contributed by atoms with E-state index in [4.69, 9.17) is 0 Å². The average Bonchev–Trinajstić information content (AvgIpc) is 3.18. The van der Waals surface area contributed by atoms with Gasteiger partial charge in [0.2, 0.25) is 5.13 Å². The van der Waals surface area contributed by atoms with Gasteiger partial charge >= 0.3 is 0 Å². The Hall–Kier alpha value is -2.21. The first kappa shape index (κ1) is 16.6. The molecule has 0 atom stereocenters. The highest BCUT2D eigenvalue weighted by Gasteiger charge is 2.21. The highest BCUT2D eigenvalue weighted by atomic mass is 32.1. The maximum atomic E-state index is 4.51. The number of benzene rings is 1. The lowest BCUT2D eigenvalue weighted by Gasteiger charge is -2.16. The van der Waals surface area contributed by atoms with Crippen LogP contribution in [0.5, 0.6) is 0 Å². The first-order valence-electron chi connectivity index (χ1n) is 8.02. The summed E-state index contributed by atoms with van der Waals surface area (Å²) >= 11 is 1.65. The zero-order valence-electron chi connectivity index (χ0n) is 14.6. The Labute approximate surface area is 147 Å². The summed E-state index contributed by atoms with van der Waals surface area (Å²) in [5.41, 5.74) is 1.30. The second-order valence-corrected chi connectivity index (χ2v) is 7.91. The molecule has 0 aliphatic carbocycles. The molecule has 5 nitrogen and oxygen atoms in total. The highest BCUT2D eigenvalue weighted by Crippen LogP contribution is 2.29. The van der Waals surface area contributed by atoms with E-state index < -0.39 is 0 Å². The predicted octanol–water partition coefficient (Wildman–Crippen LogP) is 3.72. The van der Waals surface area contributed by atoms with E-state index >= 15 is 0 Å². The number of aromatic nitrogens is 4. The first-order valence-corrected chi connectivity index (χ1v) is 8.84. The third-order valence-electron chi connectivity index (χ3n) is 3.76. The minimum absolute atomic E-state index is 0.0303. The number of hydrogen-bond acceptors (Lipinski definition) is 5. The first-order chi connectivity index (χ1) is 11.4. The maximum absolute atomic E-state index is 4.51. The Morgan fingerprint density at radius 2 is 1.88 bits per heavy atom. The van der Waals surface area contributed by atoms with Crippen molar-refractivity contribution in [2.45, 2.75) is 39.3 Å². The van der Waals surface area contributed by atoms with Crippen molar-refractivity contribution in [3.05, 3.63) is 59.1 Å². The van der Waals surface area contributed by atoms with E-state index in [1.165, 1.54) is 5.56 Å².